The van der Waals surface area contributed by atoms with Crippen molar-refractivity contribution in [3.8, 4) is 0 Å². The van der Waals surface area contributed by atoms with Gasteiger partial charge >= 0.3 is 0 Å². The number of para-hydroxylation sites is 1. The van der Waals surface area contributed by atoms with Crippen molar-refractivity contribution < 1.29 is 9.18 Å². The van der Waals surface area contributed by atoms with Crippen LogP contribution in [-0.2, 0) is 17.8 Å². The SMILES string of the molecule is CCNCc1ccccc1NC(=O)CC(C)Cc1cccc(F)c1. The Balaban J connectivity index is 1.91. The molecule has 4 heteroatoms. The third kappa shape index (κ3) is 5.78. The van der Waals surface area contributed by atoms with Gasteiger partial charge in [-0.2, -0.15) is 0 Å². The van der Waals surface area contributed by atoms with Crippen LogP contribution in [-0.4, -0.2) is 12.5 Å². The van der Waals surface area contributed by atoms with Crippen LogP contribution in [0.25, 0.3) is 0 Å². The molecule has 0 aliphatic heterocycles. The number of halogens is 1. The molecule has 0 spiro atoms. The van der Waals surface area contributed by atoms with Gasteiger partial charge in [0.15, 0.2) is 0 Å². The summed E-state index contributed by atoms with van der Waals surface area (Å²) in [6.07, 6.45) is 1.09. The molecule has 0 saturated heterocycles. The van der Waals surface area contributed by atoms with E-state index in [1.54, 1.807) is 6.07 Å². The maximum Gasteiger partial charge on any atom is 0.224 e. The molecular formula is C20H25FN2O. The molecule has 1 atom stereocenters. The first-order chi connectivity index (χ1) is 11.6. The van der Waals surface area contributed by atoms with E-state index in [1.807, 2.05) is 37.3 Å². The van der Waals surface area contributed by atoms with Gasteiger partial charge in [-0.1, -0.05) is 44.2 Å². The zero-order valence-corrected chi connectivity index (χ0v) is 14.3. The van der Waals surface area contributed by atoms with Gasteiger partial charge in [-0.25, -0.2) is 4.39 Å². The normalized spacial score (nSPS) is 12.0. The first kappa shape index (κ1) is 18.1. The standard InChI is InChI=1S/C20H25FN2O/c1-3-22-14-17-8-4-5-10-19(17)23-20(24)12-15(2)11-16-7-6-9-18(21)13-16/h4-10,13,15,22H,3,11-12,14H2,1-2H3,(H,23,24). The first-order valence-electron chi connectivity index (χ1n) is 8.41. The molecule has 1 unspecified atom stereocenters. The summed E-state index contributed by atoms with van der Waals surface area (Å²) < 4.78 is 13.2. The van der Waals surface area contributed by atoms with Gasteiger partial charge in [0.05, 0.1) is 0 Å². The highest BCUT2D eigenvalue weighted by atomic mass is 19.1. The molecule has 1 amide bonds. The molecule has 2 aromatic rings. The van der Waals surface area contributed by atoms with Crippen LogP contribution in [0.3, 0.4) is 0 Å². The van der Waals surface area contributed by atoms with E-state index in [0.717, 1.165) is 29.9 Å². The highest BCUT2D eigenvalue weighted by Crippen LogP contribution is 2.17. The molecule has 0 aromatic heterocycles. The Hall–Kier alpha value is -2.20. The average Bonchev–Trinajstić information content (AvgIpc) is 2.53. The van der Waals surface area contributed by atoms with Gasteiger partial charge in [-0.05, 0) is 48.2 Å². The summed E-state index contributed by atoms with van der Waals surface area (Å²) in [6.45, 7) is 5.67. The number of nitrogens with one attached hydrogen (secondary N) is 2. The third-order valence-electron chi connectivity index (χ3n) is 3.86. The van der Waals surface area contributed by atoms with Gasteiger partial charge in [0.25, 0.3) is 0 Å². The Morgan fingerprint density at radius 1 is 1.17 bits per heavy atom. The fourth-order valence-corrected chi connectivity index (χ4v) is 2.71. The zero-order chi connectivity index (χ0) is 17.4. The summed E-state index contributed by atoms with van der Waals surface area (Å²) >= 11 is 0. The van der Waals surface area contributed by atoms with Crippen molar-refractivity contribution in [1.82, 2.24) is 5.32 Å². The van der Waals surface area contributed by atoms with Crippen molar-refractivity contribution in [2.24, 2.45) is 5.92 Å². The second-order valence-corrected chi connectivity index (χ2v) is 6.13. The molecule has 0 aliphatic carbocycles. The van der Waals surface area contributed by atoms with E-state index in [1.165, 1.54) is 12.1 Å². The van der Waals surface area contributed by atoms with Gasteiger partial charge in [-0.15, -0.1) is 0 Å². The monoisotopic (exact) mass is 328 g/mol. The average molecular weight is 328 g/mol. The van der Waals surface area contributed by atoms with E-state index in [2.05, 4.69) is 17.6 Å². The molecular weight excluding hydrogens is 303 g/mol. The minimum atomic E-state index is -0.235. The van der Waals surface area contributed by atoms with E-state index in [0.29, 0.717) is 12.8 Å². The molecule has 0 aliphatic rings. The Bertz CT molecular complexity index is 672. The van der Waals surface area contributed by atoms with Gasteiger partial charge in [0, 0.05) is 18.7 Å². The van der Waals surface area contributed by atoms with Crippen LogP contribution in [0.5, 0.6) is 0 Å². The number of amides is 1. The lowest BCUT2D eigenvalue weighted by Crippen LogP contribution is -2.19. The fraction of sp³-hybridized carbons (Fsp3) is 0.350. The van der Waals surface area contributed by atoms with Crippen LogP contribution in [0.1, 0.15) is 31.4 Å². The van der Waals surface area contributed by atoms with Crippen LogP contribution in [0.2, 0.25) is 0 Å². The molecule has 24 heavy (non-hydrogen) atoms. The Labute approximate surface area is 143 Å². The predicted molar refractivity (Wildman–Crippen MR) is 96.3 cm³/mol. The lowest BCUT2D eigenvalue weighted by molar-refractivity contribution is -0.116. The molecule has 3 nitrogen and oxygen atoms in total. The Morgan fingerprint density at radius 3 is 2.71 bits per heavy atom. The van der Waals surface area contributed by atoms with Gasteiger partial charge < -0.3 is 10.6 Å². The number of hydrogen-bond donors (Lipinski definition) is 2. The molecule has 0 bridgehead atoms. The maximum atomic E-state index is 13.2. The number of carbonyl (C=O) groups excluding carboxylic acids is 1. The number of anilines is 1. The summed E-state index contributed by atoms with van der Waals surface area (Å²) in [5.41, 5.74) is 2.84. The Kier molecular flexibility index (Phi) is 6.94. The van der Waals surface area contributed by atoms with Crippen LogP contribution in [0.4, 0.5) is 10.1 Å². The summed E-state index contributed by atoms with van der Waals surface area (Å²) in [5.74, 6) is -0.0999. The summed E-state index contributed by atoms with van der Waals surface area (Å²) in [4.78, 5) is 12.3. The van der Waals surface area contributed by atoms with E-state index >= 15 is 0 Å². The first-order valence-corrected chi connectivity index (χ1v) is 8.41. The molecule has 2 N–H and O–H groups in total. The van der Waals surface area contributed by atoms with Crippen LogP contribution >= 0.6 is 0 Å². The van der Waals surface area contributed by atoms with Crippen LogP contribution in [0.15, 0.2) is 48.5 Å². The van der Waals surface area contributed by atoms with E-state index in [4.69, 9.17) is 0 Å². The molecule has 2 aromatic carbocycles. The molecule has 0 fully saturated rings. The highest BCUT2D eigenvalue weighted by Gasteiger charge is 2.12. The molecule has 0 saturated carbocycles. The van der Waals surface area contributed by atoms with Crippen molar-refractivity contribution in [3.63, 3.8) is 0 Å². The zero-order valence-electron chi connectivity index (χ0n) is 14.3. The number of hydrogen-bond acceptors (Lipinski definition) is 2. The van der Waals surface area contributed by atoms with E-state index in [-0.39, 0.29) is 17.6 Å². The number of rotatable bonds is 8. The fourth-order valence-electron chi connectivity index (χ4n) is 2.71. The lowest BCUT2D eigenvalue weighted by atomic mass is 9.97. The number of carbonyl (C=O) groups is 1. The van der Waals surface area contributed by atoms with E-state index < -0.39 is 0 Å². The molecule has 0 radical (unpaired) electrons. The maximum absolute atomic E-state index is 13.2. The van der Waals surface area contributed by atoms with Crippen molar-refractivity contribution >= 4 is 11.6 Å². The quantitative estimate of drug-likeness (QED) is 0.764. The van der Waals surface area contributed by atoms with Crippen molar-refractivity contribution in [1.29, 1.82) is 0 Å². The second kappa shape index (κ2) is 9.18. The summed E-state index contributed by atoms with van der Waals surface area (Å²) in [5, 5.41) is 6.26. The topological polar surface area (TPSA) is 41.1 Å². The second-order valence-electron chi connectivity index (χ2n) is 6.13. The minimum Gasteiger partial charge on any atom is -0.326 e. The smallest absolute Gasteiger partial charge is 0.224 e. The van der Waals surface area contributed by atoms with Crippen LogP contribution < -0.4 is 10.6 Å². The Morgan fingerprint density at radius 2 is 1.96 bits per heavy atom. The van der Waals surface area contributed by atoms with Crippen molar-refractivity contribution in [2.75, 3.05) is 11.9 Å². The summed E-state index contributed by atoms with van der Waals surface area (Å²) in [6, 6.07) is 14.4. The van der Waals surface area contributed by atoms with Crippen molar-refractivity contribution in [3.05, 3.63) is 65.5 Å². The van der Waals surface area contributed by atoms with Gasteiger partial charge in [0.2, 0.25) is 5.91 Å². The largest absolute Gasteiger partial charge is 0.326 e. The predicted octanol–water partition coefficient (Wildman–Crippen LogP) is 4.14. The van der Waals surface area contributed by atoms with Crippen LogP contribution in [0, 0.1) is 11.7 Å². The number of benzene rings is 2. The van der Waals surface area contributed by atoms with Gasteiger partial charge in [-0.3, -0.25) is 4.79 Å². The van der Waals surface area contributed by atoms with Gasteiger partial charge in [0.1, 0.15) is 5.82 Å². The highest BCUT2D eigenvalue weighted by molar-refractivity contribution is 5.91. The van der Waals surface area contributed by atoms with Crippen molar-refractivity contribution in [2.45, 2.75) is 33.2 Å². The summed E-state index contributed by atoms with van der Waals surface area (Å²) in [7, 11) is 0. The lowest BCUT2D eigenvalue weighted by Gasteiger charge is -2.14. The molecule has 0 heterocycles. The third-order valence-corrected chi connectivity index (χ3v) is 3.86. The molecule has 128 valence electrons. The molecule has 2 rings (SSSR count). The van der Waals surface area contributed by atoms with E-state index in [9.17, 15) is 9.18 Å². The minimum absolute atomic E-state index is 0.0112.